The third kappa shape index (κ3) is 14.3. The first-order chi connectivity index (χ1) is 42.1. The maximum atomic E-state index is 13.7. The van der Waals surface area contributed by atoms with Gasteiger partial charge in [-0.05, 0) is 68.9 Å². The molecule has 0 saturated heterocycles. The summed E-state index contributed by atoms with van der Waals surface area (Å²) in [6.45, 7) is 3.47. The molecular weight excluding hydrogens is 1110 g/mol. The lowest BCUT2D eigenvalue weighted by atomic mass is 9.95. The van der Waals surface area contributed by atoms with Gasteiger partial charge in [-0.3, -0.25) is 33.5 Å². The standard InChI is InChI=1S/C28H29N5O3S.C24H27N3O3.C16H15N3O/c1-18(36-28(37)33-15-14-29-17-33)22(16-19-12-13-19)26(34)31-25-27(35)32(2)23-11-7-6-10-21(23)24(30-25)20-8-4-3-5-9-20;1-15(28)19(14-16-12-13-16)23(29)26-22-24(30)27(2)20-11-7-6-10-18(20)21(25-22)17-8-4-3-5-9-17;1-19-13-10-6-5-9-12(13)14(18-15(17)16(19)20)11-7-3-2-4-8-11/h3-11,14-15,17-19,22,25H,12-13,16H2,1-2H3,(H,31,34);3-11,15-16,19,22,28H,12-14H2,1-2H3,(H,26,29);2-10,15H,17H2,1H3/t18?,22?,25-;15?,19?,22-;15-/m110/s1. The molecule has 6 aromatic carbocycles. The number of benzodiazepines with no additional fused rings is 3. The summed E-state index contributed by atoms with van der Waals surface area (Å²) in [5, 5.41) is 16.1. The number of anilines is 3. The molecule has 0 radical (unpaired) electrons. The molecular formula is C68H71N11O7S. The van der Waals surface area contributed by atoms with Gasteiger partial charge in [-0.1, -0.05) is 171 Å². The average molecular weight is 1190 g/mol. The highest BCUT2D eigenvalue weighted by molar-refractivity contribution is 7.80. The Morgan fingerprint density at radius 3 is 1.32 bits per heavy atom. The number of ether oxygens (including phenoxy) is 1. The second-order valence-electron chi connectivity index (χ2n) is 22.4. The van der Waals surface area contributed by atoms with Crippen molar-refractivity contribution in [2.45, 2.75) is 83.1 Å². The van der Waals surface area contributed by atoms with Crippen molar-refractivity contribution in [1.29, 1.82) is 0 Å². The Morgan fingerprint density at radius 2 is 0.931 bits per heavy atom. The fourth-order valence-corrected chi connectivity index (χ4v) is 11.1. The average Bonchev–Trinajstić information content (AvgIpc) is 2.90. The topological polar surface area (TPSA) is 230 Å². The Bertz CT molecular complexity index is 3720. The number of aliphatic hydroxyl groups excluding tert-OH is 1. The molecule has 87 heavy (non-hydrogen) atoms. The second kappa shape index (κ2) is 27.4. The van der Waals surface area contributed by atoms with Crippen LogP contribution in [0.3, 0.4) is 0 Å². The van der Waals surface area contributed by atoms with E-state index >= 15 is 0 Å². The highest BCUT2D eigenvalue weighted by Gasteiger charge is 2.39. The molecule has 2 aliphatic carbocycles. The zero-order valence-electron chi connectivity index (χ0n) is 49.2. The molecule has 7 atom stereocenters. The number of imidazole rings is 1. The number of aromatic nitrogens is 2. The van der Waals surface area contributed by atoms with Gasteiger partial charge >= 0.3 is 0 Å². The number of aliphatic hydroxyl groups is 1. The number of aliphatic imine (C=N–C) groups is 3. The molecule has 5 N–H and O–H groups in total. The smallest absolute Gasteiger partial charge is 0.272 e. The molecule has 1 aromatic heterocycles. The fourth-order valence-electron chi connectivity index (χ4n) is 10.9. The van der Waals surface area contributed by atoms with E-state index in [2.05, 4.69) is 20.6 Å². The number of fused-ring (bicyclic) bond motifs is 3. The summed E-state index contributed by atoms with van der Waals surface area (Å²) in [6.07, 6.45) is 6.24. The maximum absolute atomic E-state index is 13.7. The summed E-state index contributed by atoms with van der Waals surface area (Å²) >= 11 is 5.40. The molecule has 2 fully saturated rings. The van der Waals surface area contributed by atoms with Crippen LogP contribution in [-0.4, -0.2) is 118 Å². The van der Waals surface area contributed by atoms with Crippen molar-refractivity contribution in [2.24, 2.45) is 44.4 Å². The van der Waals surface area contributed by atoms with Gasteiger partial charge in [0.15, 0.2) is 6.17 Å². The molecule has 0 bridgehead atoms. The normalized spacial score (nSPS) is 19.3. The Hall–Kier alpha value is -9.30. The highest BCUT2D eigenvalue weighted by Crippen LogP contribution is 2.38. The summed E-state index contributed by atoms with van der Waals surface area (Å²) in [5.74, 6) is -1.52. The van der Waals surface area contributed by atoms with E-state index in [1.54, 1.807) is 61.2 Å². The van der Waals surface area contributed by atoms with Crippen LogP contribution in [0, 0.1) is 23.7 Å². The van der Waals surface area contributed by atoms with Crippen LogP contribution in [0.5, 0.6) is 0 Å². The lowest BCUT2D eigenvalue weighted by Crippen LogP contribution is -2.49. The van der Waals surface area contributed by atoms with Crippen molar-refractivity contribution in [1.82, 2.24) is 20.2 Å². The minimum Gasteiger partial charge on any atom is -0.467 e. The lowest BCUT2D eigenvalue weighted by Gasteiger charge is -2.26. The van der Waals surface area contributed by atoms with Crippen LogP contribution in [0.2, 0.25) is 0 Å². The van der Waals surface area contributed by atoms with Gasteiger partial charge in [-0.25, -0.2) is 15.0 Å². The Labute approximate surface area is 511 Å². The maximum Gasteiger partial charge on any atom is 0.272 e. The van der Waals surface area contributed by atoms with Gasteiger partial charge in [0, 0.05) is 66.9 Å². The molecule has 3 aliphatic heterocycles. The summed E-state index contributed by atoms with van der Waals surface area (Å²) in [5.41, 5.74) is 15.6. The number of carbonyl (C=O) groups is 5. The zero-order chi connectivity index (χ0) is 61.3. The number of hydrogen-bond donors (Lipinski definition) is 4. The van der Waals surface area contributed by atoms with Gasteiger partial charge in [0.1, 0.15) is 12.4 Å². The zero-order valence-corrected chi connectivity index (χ0v) is 50.0. The van der Waals surface area contributed by atoms with E-state index in [0.717, 1.165) is 81.8 Å². The number of rotatable bonds is 14. The monoisotopic (exact) mass is 1190 g/mol. The Kier molecular flexibility index (Phi) is 19.1. The summed E-state index contributed by atoms with van der Waals surface area (Å²) in [6, 6.07) is 52.1. The predicted octanol–water partition coefficient (Wildman–Crippen LogP) is 8.32. The van der Waals surface area contributed by atoms with E-state index in [0.29, 0.717) is 36.1 Å². The lowest BCUT2D eigenvalue weighted by molar-refractivity contribution is -0.132. The van der Waals surface area contributed by atoms with E-state index < -0.39 is 42.5 Å². The van der Waals surface area contributed by atoms with E-state index in [1.807, 2.05) is 171 Å². The predicted molar refractivity (Wildman–Crippen MR) is 342 cm³/mol. The summed E-state index contributed by atoms with van der Waals surface area (Å²) < 4.78 is 7.56. The van der Waals surface area contributed by atoms with E-state index in [4.69, 9.17) is 32.7 Å². The molecule has 0 spiro atoms. The van der Waals surface area contributed by atoms with Crippen LogP contribution >= 0.6 is 12.2 Å². The van der Waals surface area contributed by atoms with Crippen LogP contribution in [-0.2, 0) is 28.7 Å². The van der Waals surface area contributed by atoms with Crippen LogP contribution in [0.1, 0.15) is 85.8 Å². The second-order valence-corrected chi connectivity index (χ2v) is 22.8. The first kappa shape index (κ1) is 60.8. The van der Waals surface area contributed by atoms with Crippen molar-refractivity contribution in [3.05, 3.63) is 216 Å². The third-order valence-corrected chi connectivity index (χ3v) is 16.5. The molecule has 19 heteroatoms. The van der Waals surface area contributed by atoms with E-state index in [9.17, 15) is 29.1 Å². The van der Waals surface area contributed by atoms with Crippen LogP contribution in [0.4, 0.5) is 17.1 Å². The quantitative estimate of drug-likeness (QED) is 0.0761. The third-order valence-electron chi connectivity index (χ3n) is 16.2. The number of amides is 5. The Balaban J connectivity index is 0.000000151. The van der Waals surface area contributed by atoms with Gasteiger partial charge in [-0.2, -0.15) is 0 Å². The minimum atomic E-state index is -1.07. The van der Waals surface area contributed by atoms with Gasteiger partial charge in [0.2, 0.25) is 24.1 Å². The van der Waals surface area contributed by atoms with Crippen LogP contribution in [0.15, 0.2) is 197 Å². The molecule has 12 rings (SSSR count). The molecule has 5 amide bonds. The van der Waals surface area contributed by atoms with Gasteiger partial charge in [-0.15, -0.1) is 0 Å². The number of thiocarbonyl (C=S) groups is 1. The Morgan fingerprint density at radius 1 is 0.563 bits per heavy atom. The molecule has 7 aromatic rings. The first-order valence-corrected chi connectivity index (χ1v) is 29.7. The molecule has 2 saturated carbocycles. The van der Waals surface area contributed by atoms with Crippen molar-refractivity contribution in [3.8, 4) is 0 Å². The van der Waals surface area contributed by atoms with Crippen LogP contribution in [0.25, 0.3) is 0 Å². The number of benzene rings is 6. The van der Waals surface area contributed by atoms with Gasteiger partial charge in [0.25, 0.3) is 22.9 Å². The number of nitrogens with one attached hydrogen (secondary N) is 2. The SMILES string of the molecule is CC(O)C(CC1CC1)C(=O)N[C@H]1N=C(c2ccccc2)c2ccccc2N(C)C1=O.CC(OC(=S)n1ccnc1)C(CC1CC1)C(=O)N[C@H]1N=C(c2ccccc2)c2ccccc2N(C)C1=O.CN1C(=O)[C@@H](N)N=C(c2ccccc2)c2ccccc21. The van der Waals surface area contributed by atoms with Crippen molar-refractivity contribution in [3.63, 3.8) is 0 Å². The van der Waals surface area contributed by atoms with Gasteiger partial charge < -0.3 is 40.9 Å². The number of para-hydroxylation sites is 3. The van der Waals surface area contributed by atoms with E-state index in [-0.39, 0.29) is 34.7 Å². The number of hydrogen-bond acceptors (Lipinski definition) is 13. The molecule has 18 nitrogen and oxygen atoms in total. The van der Waals surface area contributed by atoms with Crippen molar-refractivity contribution >= 4 is 81.1 Å². The fraction of sp³-hybridized carbons (Fsp3) is 0.294. The number of likely N-dealkylation sites (N-methyl/N-ethyl adjacent to an activating group) is 3. The summed E-state index contributed by atoms with van der Waals surface area (Å²) in [4.78, 5) is 88.2. The molecule has 5 aliphatic rings. The number of nitrogens with zero attached hydrogens (tertiary/aromatic N) is 8. The summed E-state index contributed by atoms with van der Waals surface area (Å²) in [7, 11) is 5.13. The number of nitrogens with two attached hydrogens (primary N) is 1. The first-order valence-electron chi connectivity index (χ1n) is 29.3. The van der Waals surface area contributed by atoms with E-state index in [1.165, 1.54) is 4.90 Å². The van der Waals surface area contributed by atoms with Crippen LogP contribution < -0.4 is 31.1 Å². The minimum absolute atomic E-state index is 0.205. The highest BCUT2D eigenvalue weighted by atomic mass is 32.1. The van der Waals surface area contributed by atoms with Crippen molar-refractivity contribution in [2.75, 3.05) is 35.8 Å². The molecule has 446 valence electrons. The molecule has 4 heterocycles. The largest absolute Gasteiger partial charge is 0.467 e. The number of carbonyl (C=O) groups excluding carboxylic acids is 5. The van der Waals surface area contributed by atoms with Gasteiger partial charge in [0.05, 0.1) is 52.1 Å². The molecule has 4 unspecified atom stereocenters. The van der Waals surface area contributed by atoms with Crippen molar-refractivity contribution < 1.29 is 33.8 Å².